The molecule has 6 heteroatoms. The van der Waals surface area contributed by atoms with Gasteiger partial charge in [0.1, 0.15) is 11.5 Å². The zero-order valence-corrected chi connectivity index (χ0v) is 15.4. The Bertz CT molecular complexity index is 573. The Hall–Kier alpha value is -2.68. The molecule has 1 rings (SSSR count). The maximum atomic E-state index is 11.6. The first-order valence-electron chi connectivity index (χ1n) is 8.77. The topological polar surface area (TPSA) is 71.1 Å². The molecule has 0 unspecified atom stereocenters. The minimum Gasteiger partial charge on any atom is -0.482 e. The molecule has 26 heavy (non-hydrogen) atoms. The van der Waals surface area contributed by atoms with Crippen LogP contribution in [0.5, 0.6) is 11.5 Å². The number of carbonyl (C=O) groups excluding carboxylic acids is 2. The zero-order chi connectivity index (χ0) is 19.2. The molecule has 1 aromatic rings. The Kier molecular flexibility index (Phi) is 10.4. The number of rotatable bonds is 12. The largest absolute Gasteiger partial charge is 0.482 e. The molecule has 142 valence electrons. The van der Waals surface area contributed by atoms with Crippen LogP contribution in [0.1, 0.15) is 45.1 Å². The minimum absolute atomic E-state index is 0.226. The summed E-state index contributed by atoms with van der Waals surface area (Å²) < 4.78 is 20.8. The predicted octanol–water partition coefficient (Wildman–Crippen LogP) is 3.11. The maximum absolute atomic E-state index is 11.6. The number of carbonyl (C=O) groups is 2. The van der Waals surface area contributed by atoms with E-state index in [1.54, 1.807) is 18.2 Å². The molecule has 0 N–H and O–H groups in total. The van der Waals surface area contributed by atoms with Crippen molar-refractivity contribution < 1.29 is 28.5 Å². The molecule has 0 saturated carbocycles. The second-order valence-electron chi connectivity index (χ2n) is 5.56. The Labute approximate surface area is 154 Å². The van der Waals surface area contributed by atoms with Crippen LogP contribution in [0.2, 0.25) is 0 Å². The van der Waals surface area contributed by atoms with Gasteiger partial charge in [-0.2, -0.15) is 0 Å². The van der Waals surface area contributed by atoms with Gasteiger partial charge in [0, 0.05) is 11.6 Å². The quantitative estimate of drug-likeness (QED) is 0.323. The second kappa shape index (κ2) is 12.6. The third-order valence-electron chi connectivity index (χ3n) is 3.28. The van der Waals surface area contributed by atoms with E-state index in [9.17, 15) is 9.59 Å². The van der Waals surface area contributed by atoms with Crippen molar-refractivity contribution >= 4 is 11.9 Å². The van der Waals surface area contributed by atoms with Crippen molar-refractivity contribution in [3.8, 4) is 23.8 Å². The highest BCUT2D eigenvalue weighted by Crippen LogP contribution is 2.22. The Balaban J connectivity index is 2.55. The van der Waals surface area contributed by atoms with E-state index in [2.05, 4.69) is 5.92 Å². The molecule has 0 aromatic heterocycles. The van der Waals surface area contributed by atoms with Gasteiger partial charge in [-0.15, -0.1) is 6.42 Å². The van der Waals surface area contributed by atoms with Crippen LogP contribution in [0, 0.1) is 12.3 Å². The van der Waals surface area contributed by atoms with Gasteiger partial charge >= 0.3 is 11.9 Å². The average molecular weight is 362 g/mol. The molecule has 0 saturated heterocycles. The summed E-state index contributed by atoms with van der Waals surface area (Å²) in [5, 5.41) is 0. The summed E-state index contributed by atoms with van der Waals surface area (Å²) >= 11 is 0. The van der Waals surface area contributed by atoms with Crippen LogP contribution in [-0.4, -0.2) is 38.4 Å². The van der Waals surface area contributed by atoms with E-state index in [-0.39, 0.29) is 13.2 Å². The van der Waals surface area contributed by atoms with Gasteiger partial charge in [-0.3, -0.25) is 0 Å². The van der Waals surface area contributed by atoms with Crippen LogP contribution in [0.25, 0.3) is 0 Å². The van der Waals surface area contributed by atoms with Crippen LogP contribution < -0.4 is 9.47 Å². The fourth-order valence-electron chi connectivity index (χ4n) is 1.85. The fraction of sp³-hybridized carbons (Fsp3) is 0.500. The van der Waals surface area contributed by atoms with Crippen molar-refractivity contribution in [2.24, 2.45) is 0 Å². The smallest absolute Gasteiger partial charge is 0.344 e. The molecule has 0 fully saturated rings. The lowest BCUT2D eigenvalue weighted by molar-refractivity contribution is -0.146. The number of benzene rings is 1. The van der Waals surface area contributed by atoms with E-state index in [0.717, 1.165) is 25.7 Å². The van der Waals surface area contributed by atoms with Gasteiger partial charge in [-0.25, -0.2) is 9.59 Å². The number of ether oxygens (including phenoxy) is 4. The number of terminal acetylenes is 1. The standard InChI is InChI=1S/C20H26O6/c1-4-7-9-23-19(21)14-25-17-11-16(6-3)12-18(13-17)26-15-20(22)24-10-8-5-2/h3,11-13H,4-5,7-10,14-15H2,1-2H3. The summed E-state index contributed by atoms with van der Waals surface area (Å²) in [4.78, 5) is 23.2. The number of hydrogen-bond acceptors (Lipinski definition) is 6. The second-order valence-corrected chi connectivity index (χ2v) is 5.56. The van der Waals surface area contributed by atoms with E-state index in [4.69, 9.17) is 25.4 Å². The van der Waals surface area contributed by atoms with Crippen LogP contribution in [0.3, 0.4) is 0 Å². The Morgan fingerprint density at radius 1 is 0.885 bits per heavy atom. The van der Waals surface area contributed by atoms with Crippen molar-refractivity contribution in [3.05, 3.63) is 23.8 Å². The summed E-state index contributed by atoms with van der Waals surface area (Å²) in [5.41, 5.74) is 0.510. The average Bonchev–Trinajstić information content (AvgIpc) is 2.65. The van der Waals surface area contributed by atoms with Crippen LogP contribution >= 0.6 is 0 Å². The highest BCUT2D eigenvalue weighted by Gasteiger charge is 2.09. The maximum Gasteiger partial charge on any atom is 0.344 e. The van der Waals surface area contributed by atoms with Crippen LogP contribution in [-0.2, 0) is 19.1 Å². The summed E-state index contributed by atoms with van der Waals surface area (Å²) in [6.45, 7) is 4.31. The number of esters is 2. The van der Waals surface area contributed by atoms with Crippen molar-refractivity contribution in [2.75, 3.05) is 26.4 Å². The molecule has 0 aliphatic heterocycles. The molecule has 1 aromatic carbocycles. The van der Waals surface area contributed by atoms with Crippen LogP contribution in [0.4, 0.5) is 0 Å². The predicted molar refractivity (Wildman–Crippen MR) is 97.1 cm³/mol. The normalized spacial score (nSPS) is 9.88. The highest BCUT2D eigenvalue weighted by molar-refractivity contribution is 5.71. The van der Waals surface area contributed by atoms with E-state index in [0.29, 0.717) is 30.3 Å². The minimum atomic E-state index is -0.452. The fourth-order valence-corrected chi connectivity index (χ4v) is 1.85. The number of hydrogen-bond donors (Lipinski definition) is 0. The third kappa shape index (κ3) is 8.97. The van der Waals surface area contributed by atoms with E-state index in [1.165, 1.54) is 0 Å². The molecule has 0 amide bonds. The van der Waals surface area contributed by atoms with E-state index < -0.39 is 11.9 Å². The monoisotopic (exact) mass is 362 g/mol. The highest BCUT2D eigenvalue weighted by atomic mass is 16.6. The molecule has 0 bridgehead atoms. The van der Waals surface area contributed by atoms with Crippen molar-refractivity contribution in [3.63, 3.8) is 0 Å². The molecule has 0 spiro atoms. The molecule has 0 atom stereocenters. The van der Waals surface area contributed by atoms with Gasteiger partial charge in [-0.1, -0.05) is 32.6 Å². The van der Waals surface area contributed by atoms with Crippen molar-refractivity contribution in [1.82, 2.24) is 0 Å². The van der Waals surface area contributed by atoms with Crippen molar-refractivity contribution in [2.45, 2.75) is 39.5 Å². The first kappa shape index (κ1) is 21.4. The van der Waals surface area contributed by atoms with E-state index >= 15 is 0 Å². The SMILES string of the molecule is C#Cc1cc(OCC(=O)OCCCC)cc(OCC(=O)OCCCC)c1. The zero-order valence-electron chi connectivity index (χ0n) is 15.4. The van der Waals surface area contributed by atoms with Gasteiger partial charge in [0.2, 0.25) is 0 Å². The lowest BCUT2D eigenvalue weighted by Gasteiger charge is -2.11. The van der Waals surface area contributed by atoms with Gasteiger partial charge in [0.05, 0.1) is 13.2 Å². The molecule has 0 heterocycles. The summed E-state index contributed by atoms with van der Waals surface area (Å²) in [6, 6.07) is 4.76. The summed E-state index contributed by atoms with van der Waals surface area (Å²) in [7, 11) is 0. The summed E-state index contributed by atoms with van der Waals surface area (Å²) in [6.07, 6.45) is 8.93. The molecule has 0 aliphatic carbocycles. The molecule has 0 aliphatic rings. The van der Waals surface area contributed by atoms with Gasteiger partial charge in [-0.05, 0) is 25.0 Å². The first-order chi connectivity index (χ1) is 12.6. The molecule has 6 nitrogen and oxygen atoms in total. The van der Waals surface area contributed by atoms with Crippen LogP contribution in [0.15, 0.2) is 18.2 Å². The molecule has 0 radical (unpaired) electrons. The lowest BCUT2D eigenvalue weighted by Crippen LogP contribution is -2.16. The van der Waals surface area contributed by atoms with Gasteiger partial charge in [0.15, 0.2) is 13.2 Å². The van der Waals surface area contributed by atoms with E-state index in [1.807, 2.05) is 13.8 Å². The Morgan fingerprint density at radius 3 is 1.73 bits per heavy atom. The summed E-state index contributed by atoms with van der Waals surface area (Å²) in [5.74, 6) is 2.30. The third-order valence-corrected chi connectivity index (χ3v) is 3.28. The molecular weight excluding hydrogens is 336 g/mol. The molecular formula is C20H26O6. The first-order valence-corrected chi connectivity index (χ1v) is 8.77. The van der Waals surface area contributed by atoms with Gasteiger partial charge in [0.25, 0.3) is 0 Å². The lowest BCUT2D eigenvalue weighted by atomic mass is 10.2. The Morgan fingerprint density at radius 2 is 1.35 bits per heavy atom. The van der Waals surface area contributed by atoms with Crippen molar-refractivity contribution in [1.29, 1.82) is 0 Å². The van der Waals surface area contributed by atoms with Gasteiger partial charge < -0.3 is 18.9 Å². The number of unbranched alkanes of at least 4 members (excludes halogenated alkanes) is 2.